The van der Waals surface area contributed by atoms with Gasteiger partial charge in [-0.2, -0.15) is 0 Å². The number of amides is 2. The molecular weight excluding hydrogens is 308 g/mol. The molecule has 0 bridgehead atoms. The Morgan fingerprint density at radius 3 is 2.75 bits per heavy atom. The van der Waals surface area contributed by atoms with E-state index < -0.39 is 0 Å². The third kappa shape index (κ3) is 2.56. The van der Waals surface area contributed by atoms with Crippen LogP contribution in [0.3, 0.4) is 0 Å². The van der Waals surface area contributed by atoms with Crippen LogP contribution in [0, 0.1) is 0 Å². The quantitative estimate of drug-likeness (QED) is 0.943. The first-order chi connectivity index (χ1) is 11.7. The predicted octanol–water partition coefficient (Wildman–Crippen LogP) is 2.79. The van der Waals surface area contributed by atoms with Gasteiger partial charge in [-0.15, -0.1) is 0 Å². The molecular formula is C18H16N2O4. The Morgan fingerprint density at radius 1 is 1.08 bits per heavy atom. The zero-order chi connectivity index (χ0) is 16.5. The topological polar surface area (TPSA) is 67.9 Å². The van der Waals surface area contributed by atoms with E-state index in [4.69, 9.17) is 9.47 Å². The van der Waals surface area contributed by atoms with Crippen molar-refractivity contribution in [2.75, 3.05) is 23.6 Å². The van der Waals surface area contributed by atoms with Crippen LogP contribution in [0.1, 0.15) is 23.2 Å². The van der Waals surface area contributed by atoms with Crippen LogP contribution >= 0.6 is 0 Å². The highest BCUT2D eigenvalue weighted by Gasteiger charge is 2.25. The molecule has 0 unspecified atom stereocenters. The molecule has 2 heterocycles. The van der Waals surface area contributed by atoms with Crippen molar-refractivity contribution < 1.29 is 19.1 Å². The molecule has 0 radical (unpaired) electrons. The SMILES string of the molecule is O=C(Nc1ccc2c(c1)OCO2)c1ccccc1N1CCCC1=O. The molecule has 1 fully saturated rings. The van der Waals surface area contributed by atoms with Crippen molar-refractivity contribution >= 4 is 23.2 Å². The number of anilines is 2. The van der Waals surface area contributed by atoms with Crippen LogP contribution in [0.5, 0.6) is 11.5 Å². The predicted molar refractivity (Wildman–Crippen MR) is 88.5 cm³/mol. The van der Waals surface area contributed by atoms with Gasteiger partial charge in [-0.05, 0) is 30.7 Å². The van der Waals surface area contributed by atoms with Crippen LogP contribution in [-0.2, 0) is 4.79 Å². The van der Waals surface area contributed by atoms with E-state index in [1.54, 1.807) is 41.3 Å². The highest BCUT2D eigenvalue weighted by atomic mass is 16.7. The fraction of sp³-hybridized carbons (Fsp3) is 0.222. The Labute approximate surface area is 139 Å². The number of benzene rings is 2. The number of carbonyl (C=O) groups is 2. The lowest BCUT2D eigenvalue weighted by molar-refractivity contribution is -0.117. The Bertz CT molecular complexity index is 818. The smallest absolute Gasteiger partial charge is 0.257 e. The molecule has 6 nitrogen and oxygen atoms in total. The first-order valence-corrected chi connectivity index (χ1v) is 7.83. The van der Waals surface area contributed by atoms with E-state index in [9.17, 15) is 9.59 Å². The van der Waals surface area contributed by atoms with Crippen LogP contribution in [0.4, 0.5) is 11.4 Å². The molecule has 2 amide bonds. The second-order valence-electron chi connectivity index (χ2n) is 5.69. The first-order valence-electron chi connectivity index (χ1n) is 7.83. The van der Waals surface area contributed by atoms with Crippen molar-refractivity contribution in [3.05, 3.63) is 48.0 Å². The maximum Gasteiger partial charge on any atom is 0.257 e. The van der Waals surface area contributed by atoms with Gasteiger partial charge in [0.25, 0.3) is 5.91 Å². The Morgan fingerprint density at radius 2 is 1.92 bits per heavy atom. The molecule has 0 atom stereocenters. The molecule has 0 spiro atoms. The van der Waals surface area contributed by atoms with Gasteiger partial charge in [0.15, 0.2) is 11.5 Å². The summed E-state index contributed by atoms with van der Waals surface area (Å²) in [7, 11) is 0. The van der Waals surface area contributed by atoms with Gasteiger partial charge in [0.2, 0.25) is 12.7 Å². The summed E-state index contributed by atoms with van der Waals surface area (Å²) in [5.41, 5.74) is 1.75. The van der Waals surface area contributed by atoms with Crippen molar-refractivity contribution in [2.45, 2.75) is 12.8 Å². The summed E-state index contributed by atoms with van der Waals surface area (Å²) >= 11 is 0. The molecule has 1 saturated heterocycles. The van der Waals surface area contributed by atoms with Crippen molar-refractivity contribution in [3.8, 4) is 11.5 Å². The summed E-state index contributed by atoms with van der Waals surface area (Å²) in [6.45, 7) is 0.833. The Hall–Kier alpha value is -3.02. The van der Waals surface area contributed by atoms with E-state index in [0.717, 1.165) is 6.42 Å². The van der Waals surface area contributed by atoms with E-state index in [1.165, 1.54) is 0 Å². The standard InChI is InChI=1S/C18H16N2O4/c21-17-6-3-9-20(17)14-5-2-1-4-13(14)18(22)19-12-7-8-15-16(10-12)24-11-23-15/h1-2,4-5,7-8,10H,3,6,9,11H2,(H,19,22). The Kier molecular flexibility index (Phi) is 3.57. The molecule has 1 N–H and O–H groups in total. The van der Waals surface area contributed by atoms with E-state index in [0.29, 0.717) is 41.4 Å². The molecule has 2 aliphatic heterocycles. The molecule has 0 aromatic heterocycles. The fourth-order valence-electron chi connectivity index (χ4n) is 2.98. The molecule has 2 aromatic carbocycles. The first kappa shape index (κ1) is 14.6. The summed E-state index contributed by atoms with van der Waals surface area (Å²) in [6, 6.07) is 12.4. The number of carbonyl (C=O) groups excluding carboxylic acids is 2. The van der Waals surface area contributed by atoms with Gasteiger partial charge < -0.3 is 19.7 Å². The molecule has 0 saturated carbocycles. The maximum atomic E-state index is 12.7. The summed E-state index contributed by atoms with van der Waals surface area (Å²) in [5, 5.41) is 2.85. The minimum atomic E-state index is -0.260. The summed E-state index contributed by atoms with van der Waals surface area (Å²) in [6.07, 6.45) is 1.34. The maximum absolute atomic E-state index is 12.7. The van der Waals surface area contributed by atoms with Gasteiger partial charge in [-0.25, -0.2) is 0 Å². The molecule has 4 rings (SSSR count). The van der Waals surface area contributed by atoms with E-state index >= 15 is 0 Å². The number of fused-ring (bicyclic) bond motifs is 1. The number of hydrogen-bond donors (Lipinski definition) is 1. The average molecular weight is 324 g/mol. The molecule has 0 aliphatic carbocycles. The molecule has 2 aromatic rings. The van der Waals surface area contributed by atoms with Gasteiger partial charge in [-0.3, -0.25) is 9.59 Å². The number of nitrogens with zero attached hydrogens (tertiary/aromatic N) is 1. The molecule has 6 heteroatoms. The van der Waals surface area contributed by atoms with Crippen molar-refractivity contribution in [1.29, 1.82) is 0 Å². The van der Waals surface area contributed by atoms with Gasteiger partial charge in [0.05, 0.1) is 11.3 Å². The van der Waals surface area contributed by atoms with Gasteiger partial charge >= 0.3 is 0 Å². The third-order valence-electron chi connectivity index (χ3n) is 4.14. The second-order valence-corrected chi connectivity index (χ2v) is 5.69. The zero-order valence-corrected chi connectivity index (χ0v) is 13.0. The van der Waals surface area contributed by atoms with Crippen molar-refractivity contribution in [2.24, 2.45) is 0 Å². The summed E-state index contributed by atoms with van der Waals surface area (Å²) in [4.78, 5) is 26.4. The highest BCUT2D eigenvalue weighted by Crippen LogP contribution is 2.34. The van der Waals surface area contributed by atoms with Crippen LogP contribution < -0.4 is 19.7 Å². The van der Waals surface area contributed by atoms with Crippen LogP contribution in [0.2, 0.25) is 0 Å². The molecule has 2 aliphatic rings. The minimum absolute atomic E-state index is 0.0540. The van der Waals surface area contributed by atoms with Crippen molar-refractivity contribution in [1.82, 2.24) is 0 Å². The second kappa shape index (κ2) is 5.88. The molecule has 122 valence electrons. The zero-order valence-electron chi connectivity index (χ0n) is 13.0. The summed E-state index contributed by atoms with van der Waals surface area (Å²) in [5.74, 6) is 1.06. The average Bonchev–Trinajstić information content (AvgIpc) is 3.23. The third-order valence-corrected chi connectivity index (χ3v) is 4.14. The largest absolute Gasteiger partial charge is 0.454 e. The monoisotopic (exact) mass is 324 g/mol. The van der Waals surface area contributed by atoms with Crippen LogP contribution in [-0.4, -0.2) is 25.2 Å². The lowest BCUT2D eigenvalue weighted by Crippen LogP contribution is -2.27. The van der Waals surface area contributed by atoms with Crippen LogP contribution in [0.15, 0.2) is 42.5 Å². The number of ether oxygens (including phenoxy) is 2. The number of para-hydroxylation sites is 1. The van der Waals surface area contributed by atoms with E-state index in [1.807, 2.05) is 6.07 Å². The van der Waals surface area contributed by atoms with Gasteiger partial charge in [0, 0.05) is 24.7 Å². The number of nitrogens with one attached hydrogen (secondary N) is 1. The van der Waals surface area contributed by atoms with E-state index in [2.05, 4.69) is 5.32 Å². The Balaban J connectivity index is 1.60. The van der Waals surface area contributed by atoms with Gasteiger partial charge in [0.1, 0.15) is 0 Å². The lowest BCUT2D eigenvalue weighted by atomic mass is 10.1. The number of hydrogen-bond acceptors (Lipinski definition) is 4. The normalized spacial score (nSPS) is 15.7. The van der Waals surface area contributed by atoms with Crippen molar-refractivity contribution in [3.63, 3.8) is 0 Å². The van der Waals surface area contributed by atoms with Crippen LogP contribution in [0.25, 0.3) is 0 Å². The van der Waals surface area contributed by atoms with E-state index in [-0.39, 0.29) is 18.6 Å². The summed E-state index contributed by atoms with van der Waals surface area (Å²) < 4.78 is 10.6. The molecule has 24 heavy (non-hydrogen) atoms. The number of rotatable bonds is 3. The highest BCUT2D eigenvalue weighted by molar-refractivity contribution is 6.11. The minimum Gasteiger partial charge on any atom is -0.454 e. The van der Waals surface area contributed by atoms with Gasteiger partial charge in [-0.1, -0.05) is 12.1 Å². The lowest BCUT2D eigenvalue weighted by Gasteiger charge is -2.19. The fourth-order valence-corrected chi connectivity index (χ4v) is 2.98.